The molecule has 1 fully saturated rings. The molecule has 0 aliphatic heterocycles. The Bertz CT molecular complexity index is 372. The summed E-state index contributed by atoms with van der Waals surface area (Å²) in [5.41, 5.74) is 5.39. The van der Waals surface area contributed by atoms with Gasteiger partial charge in [0.25, 0.3) is 0 Å². The van der Waals surface area contributed by atoms with Gasteiger partial charge in [-0.05, 0) is 6.42 Å². The van der Waals surface area contributed by atoms with Gasteiger partial charge in [0.05, 0.1) is 11.8 Å². The molecule has 0 spiro atoms. The second-order valence-electron chi connectivity index (χ2n) is 4.47. The molecule has 1 amide bonds. The van der Waals surface area contributed by atoms with Crippen LogP contribution in [0.3, 0.4) is 0 Å². The Labute approximate surface area is 109 Å². The minimum Gasteiger partial charge on any atom is -0.481 e. The fourth-order valence-corrected chi connectivity index (χ4v) is 2.15. The predicted octanol–water partition coefficient (Wildman–Crippen LogP) is -1.50. The van der Waals surface area contributed by atoms with Crippen LogP contribution in [0.1, 0.15) is 6.42 Å². The van der Waals surface area contributed by atoms with Gasteiger partial charge in [-0.15, -0.1) is 0 Å². The fourth-order valence-electron chi connectivity index (χ4n) is 2.15. The molecule has 5 N–H and O–H groups in total. The van der Waals surface area contributed by atoms with E-state index in [2.05, 4.69) is 5.32 Å². The number of aliphatic carboxylic acids is 2. The van der Waals surface area contributed by atoms with Crippen molar-refractivity contribution in [1.29, 1.82) is 0 Å². The highest BCUT2D eigenvalue weighted by molar-refractivity contribution is 5.92. The van der Waals surface area contributed by atoms with Gasteiger partial charge in [-0.3, -0.25) is 14.4 Å². The number of nitrogens with one attached hydrogen (secondary N) is 1. The molecule has 0 aromatic heterocycles. The highest BCUT2D eigenvalue weighted by Gasteiger charge is 2.63. The van der Waals surface area contributed by atoms with Crippen LogP contribution in [0.15, 0.2) is 0 Å². The lowest BCUT2D eigenvalue weighted by Gasteiger charge is -2.06. The van der Waals surface area contributed by atoms with Crippen LogP contribution in [0.5, 0.6) is 0 Å². The highest BCUT2D eigenvalue weighted by Crippen LogP contribution is 2.48. The Kier molecular flexibility index (Phi) is 5.25. The van der Waals surface area contributed by atoms with Crippen LogP contribution in [0.2, 0.25) is 0 Å². The normalized spacial score (nSPS) is 26.5. The zero-order chi connectivity index (χ0) is 14.6. The second-order valence-corrected chi connectivity index (χ2v) is 4.47. The largest absolute Gasteiger partial charge is 0.481 e. The van der Waals surface area contributed by atoms with E-state index in [-0.39, 0.29) is 0 Å². The van der Waals surface area contributed by atoms with E-state index in [0.29, 0.717) is 19.6 Å². The molecule has 19 heavy (non-hydrogen) atoms. The molecule has 8 nitrogen and oxygen atoms in total. The van der Waals surface area contributed by atoms with Gasteiger partial charge in [0, 0.05) is 26.2 Å². The third-order valence-corrected chi connectivity index (χ3v) is 3.19. The summed E-state index contributed by atoms with van der Waals surface area (Å²) < 4.78 is 4.81. The van der Waals surface area contributed by atoms with E-state index in [4.69, 9.17) is 20.7 Å². The van der Waals surface area contributed by atoms with Crippen LogP contribution in [-0.4, -0.2) is 54.4 Å². The van der Waals surface area contributed by atoms with Crippen molar-refractivity contribution in [3.05, 3.63) is 0 Å². The Balaban J connectivity index is 2.53. The first-order valence-corrected chi connectivity index (χ1v) is 5.89. The number of amides is 1. The maximum absolute atomic E-state index is 11.8. The Morgan fingerprint density at radius 3 is 2.42 bits per heavy atom. The van der Waals surface area contributed by atoms with E-state index >= 15 is 0 Å². The van der Waals surface area contributed by atoms with Gasteiger partial charge in [0.1, 0.15) is 6.04 Å². The molecule has 108 valence electrons. The molecular formula is C11H18N2O6. The molecule has 0 aromatic rings. The summed E-state index contributed by atoms with van der Waals surface area (Å²) >= 11 is 0. The van der Waals surface area contributed by atoms with E-state index in [0.717, 1.165) is 0 Å². The van der Waals surface area contributed by atoms with Crippen LogP contribution in [0, 0.1) is 17.8 Å². The topological polar surface area (TPSA) is 139 Å². The number of rotatable bonds is 8. The van der Waals surface area contributed by atoms with Crippen LogP contribution in [0.4, 0.5) is 0 Å². The molecule has 1 rings (SSSR count). The van der Waals surface area contributed by atoms with Crippen molar-refractivity contribution in [2.45, 2.75) is 12.5 Å². The van der Waals surface area contributed by atoms with Gasteiger partial charge in [-0.2, -0.15) is 0 Å². The first kappa shape index (κ1) is 15.4. The maximum atomic E-state index is 11.8. The quantitative estimate of drug-likeness (QED) is 0.395. The molecule has 1 aliphatic rings. The standard InChI is InChI=1S/C11H18N2O6/c1-19-4-2-3-13-9(14)6-5(7(6)10(15)16)8(12)11(17)18/h5-8H,2-4,12H2,1H3,(H,13,14)(H,15,16)(H,17,18). The van der Waals surface area contributed by atoms with Crippen molar-refractivity contribution in [2.75, 3.05) is 20.3 Å². The molecule has 1 aliphatic carbocycles. The smallest absolute Gasteiger partial charge is 0.320 e. The van der Waals surface area contributed by atoms with Gasteiger partial charge < -0.3 is 26.0 Å². The van der Waals surface area contributed by atoms with Gasteiger partial charge in [0.15, 0.2) is 0 Å². The van der Waals surface area contributed by atoms with E-state index in [1.807, 2.05) is 0 Å². The number of carboxylic acids is 2. The van der Waals surface area contributed by atoms with Crippen molar-refractivity contribution in [3.8, 4) is 0 Å². The highest BCUT2D eigenvalue weighted by atomic mass is 16.5. The summed E-state index contributed by atoms with van der Waals surface area (Å²) in [4.78, 5) is 33.4. The molecule has 8 heteroatoms. The summed E-state index contributed by atoms with van der Waals surface area (Å²) in [5.74, 6) is -5.70. The zero-order valence-corrected chi connectivity index (χ0v) is 10.5. The van der Waals surface area contributed by atoms with Crippen molar-refractivity contribution in [1.82, 2.24) is 5.32 Å². The molecule has 0 aromatic carbocycles. The van der Waals surface area contributed by atoms with Crippen molar-refractivity contribution in [3.63, 3.8) is 0 Å². The molecular weight excluding hydrogens is 256 g/mol. The Morgan fingerprint density at radius 2 is 1.95 bits per heavy atom. The van der Waals surface area contributed by atoms with E-state index in [1.165, 1.54) is 7.11 Å². The van der Waals surface area contributed by atoms with Gasteiger partial charge >= 0.3 is 11.9 Å². The summed E-state index contributed by atoms with van der Waals surface area (Å²) in [7, 11) is 1.53. The summed E-state index contributed by atoms with van der Waals surface area (Å²) in [6.07, 6.45) is 0.600. The summed E-state index contributed by atoms with van der Waals surface area (Å²) in [5, 5.41) is 20.3. The van der Waals surface area contributed by atoms with Gasteiger partial charge in [0.2, 0.25) is 5.91 Å². The fraction of sp³-hybridized carbons (Fsp3) is 0.727. The number of carbonyl (C=O) groups excluding carboxylic acids is 1. The average molecular weight is 274 g/mol. The predicted molar refractivity (Wildman–Crippen MR) is 63.2 cm³/mol. The SMILES string of the molecule is COCCCNC(=O)C1C(C(=O)O)C1C(N)C(=O)O. The van der Waals surface area contributed by atoms with Crippen LogP contribution < -0.4 is 11.1 Å². The van der Waals surface area contributed by atoms with Crippen LogP contribution >= 0.6 is 0 Å². The third kappa shape index (κ3) is 3.65. The Morgan fingerprint density at radius 1 is 1.32 bits per heavy atom. The van der Waals surface area contributed by atoms with E-state index in [9.17, 15) is 14.4 Å². The van der Waals surface area contributed by atoms with Crippen LogP contribution in [0.25, 0.3) is 0 Å². The van der Waals surface area contributed by atoms with E-state index in [1.54, 1.807) is 0 Å². The molecule has 4 unspecified atom stereocenters. The molecule has 0 bridgehead atoms. The summed E-state index contributed by atoms with van der Waals surface area (Å²) in [6.45, 7) is 0.829. The number of methoxy groups -OCH3 is 1. The maximum Gasteiger partial charge on any atom is 0.320 e. The second kappa shape index (κ2) is 6.48. The molecule has 4 atom stereocenters. The minimum absolute atomic E-state index is 0.352. The first-order valence-electron chi connectivity index (χ1n) is 5.89. The van der Waals surface area contributed by atoms with Crippen LogP contribution in [-0.2, 0) is 19.1 Å². The number of hydrogen-bond acceptors (Lipinski definition) is 5. The average Bonchev–Trinajstić information content (AvgIpc) is 3.08. The van der Waals surface area contributed by atoms with Gasteiger partial charge in [-0.1, -0.05) is 0 Å². The van der Waals surface area contributed by atoms with E-state index < -0.39 is 41.6 Å². The number of carbonyl (C=O) groups is 3. The van der Waals surface area contributed by atoms with Crippen molar-refractivity contribution in [2.24, 2.45) is 23.5 Å². The lowest BCUT2D eigenvalue weighted by molar-refractivity contribution is -0.141. The monoisotopic (exact) mass is 274 g/mol. The molecule has 0 heterocycles. The first-order chi connectivity index (χ1) is 8.91. The number of nitrogens with two attached hydrogens (primary N) is 1. The minimum atomic E-state index is -1.34. The molecule has 1 saturated carbocycles. The third-order valence-electron chi connectivity index (χ3n) is 3.19. The van der Waals surface area contributed by atoms with Gasteiger partial charge in [-0.25, -0.2) is 0 Å². The zero-order valence-electron chi connectivity index (χ0n) is 10.5. The molecule has 0 radical (unpaired) electrons. The number of ether oxygens (including phenoxy) is 1. The molecule has 0 saturated heterocycles. The van der Waals surface area contributed by atoms with Crippen molar-refractivity contribution < 1.29 is 29.3 Å². The summed E-state index contributed by atoms with van der Waals surface area (Å²) in [6, 6.07) is -1.34. The number of hydrogen-bond donors (Lipinski definition) is 4. The number of carboxylic acid groups (broad SMARTS) is 2. The Hall–Kier alpha value is -1.67. The lowest BCUT2D eigenvalue weighted by Crippen LogP contribution is -2.35. The lowest BCUT2D eigenvalue weighted by atomic mass is 10.1. The van der Waals surface area contributed by atoms with Crippen molar-refractivity contribution >= 4 is 17.8 Å².